The van der Waals surface area contributed by atoms with Crippen LogP contribution in [0.25, 0.3) is 10.8 Å². The van der Waals surface area contributed by atoms with Crippen molar-refractivity contribution in [1.29, 1.82) is 0 Å². The lowest BCUT2D eigenvalue weighted by molar-refractivity contribution is -0.161. The lowest BCUT2D eigenvalue weighted by atomic mass is 9.38. The van der Waals surface area contributed by atoms with Crippen LogP contribution in [0.2, 0.25) is 0 Å². The van der Waals surface area contributed by atoms with E-state index in [-0.39, 0.29) is 107 Å². The predicted molar refractivity (Wildman–Crippen MR) is 336 cm³/mol. The quantitative estimate of drug-likeness (QED) is 0.0473. The number of aryl methyl sites for hydroxylation is 1. The summed E-state index contributed by atoms with van der Waals surface area (Å²) in [6.07, 6.45) is 9.92. The van der Waals surface area contributed by atoms with Crippen molar-refractivity contribution in [3.8, 4) is 52.4 Å². The zero-order chi connectivity index (χ0) is 61.3. The molecule has 3 aromatic carbocycles. The van der Waals surface area contributed by atoms with E-state index in [0.29, 0.717) is 74.8 Å². The van der Waals surface area contributed by atoms with E-state index in [1.807, 2.05) is 41.2 Å². The Bertz CT molecular complexity index is 3250. The summed E-state index contributed by atoms with van der Waals surface area (Å²) in [5, 5.41) is 102. The molecular formula is C69H89N3O14S2. The Hall–Kier alpha value is -4.87. The molecule has 10 N–H and O–H groups in total. The summed E-state index contributed by atoms with van der Waals surface area (Å²) < 4.78 is 32.4. The highest BCUT2D eigenvalue weighted by molar-refractivity contribution is 8.76. The summed E-state index contributed by atoms with van der Waals surface area (Å²) in [5.74, 6) is 14.5. The normalized spacial score (nSPS) is 36.3. The van der Waals surface area contributed by atoms with Crippen LogP contribution in [-0.4, -0.2) is 134 Å². The van der Waals surface area contributed by atoms with E-state index in [2.05, 4.69) is 41.2 Å². The zero-order valence-corrected chi connectivity index (χ0v) is 52.3. The summed E-state index contributed by atoms with van der Waals surface area (Å²) >= 11 is 0. The molecule has 1 saturated heterocycles. The molecule has 10 aliphatic rings. The van der Waals surface area contributed by atoms with Crippen molar-refractivity contribution in [1.82, 2.24) is 15.2 Å². The number of phenols is 2. The molecule has 1 aromatic heterocycles. The van der Waals surface area contributed by atoms with Crippen LogP contribution in [0.4, 0.5) is 0 Å². The minimum absolute atomic E-state index is 0.0167. The zero-order valence-electron chi connectivity index (χ0n) is 50.7. The van der Waals surface area contributed by atoms with Gasteiger partial charge in [0.1, 0.15) is 19.4 Å². The van der Waals surface area contributed by atoms with Crippen molar-refractivity contribution < 1.29 is 69.3 Å². The largest absolute Gasteiger partial charge is 0.504 e. The van der Waals surface area contributed by atoms with E-state index in [1.165, 1.54) is 28.7 Å². The van der Waals surface area contributed by atoms with Crippen molar-refractivity contribution in [2.24, 2.45) is 58.2 Å². The van der Waals surface area contributed by atoms with Gasteiger partial charge in [-0.25, -0.2) is 0 Å². The van der Waals surface area contributed by atoms with Gasteiger partial charge < -0.3 is 79.7 Å². The third-order valence-electron chi connectivity index (χ3n) is 21.7. The highest BCUT2D eigenvalue weighted by atomic mass is 33.1. The minimum atomic E-state index is -1.14. The van der Waals surface area contributed by atoms with Gasteiger partial charge in [0, 0.05) is 77.6 Å². The van der Waals surface area contributed by atoms with Gasteiger partial charge in [0.25, 0.3) is 0 Å². The summed E-state index contributed by atoms with van der Waals surface area (Å²) in [6.45, 7) is 3.29. The molecule has 17 nitrogen and oxygen atoms in total. The van der Waals surface area contributed by atoms with Crippen LogP contribution in [0, 0.1) is 81.9 Å². The summed E-state index contributed by atoms with van der Waals surface area (Å²) in [5.41, 5.74) is 2.31. The van der Waals surface area contributed by atoms with Gasteiger partial charge in [0.2, 0.25) is 11.7 Å². The van der Waals surface area contributed by atoms with E-state index in [0.717, 1.165) is 85.4 Å². The van der Waals surface area contributed by atoms with Crippen LogP contribution in [0.15, 0.2) is 54.9 Å². The number of methoxy groups -OCH3 is 1. The summed E-state index contributed by atoms with van der Waals surface area (Å²) in [7, 11) is 4.30. The van der Waals surface area contributed by atoms with Gasteiger partial charge in [0.15, 0.2) is 29.8 Å². The number of aliphatic hydroxyl groups excluding tert-OH is 6. The highest BCUT2D eigenvalue weighted by Gasteiger charge is 2.65. The SMILES string of the molecule is COc1cc(CC2C(O)CSSC3CC(O)c4cccc5cn(cc45)COCCCC4NC(=O)C5C#CCC6C#CC78CC(C)CCC7C(CCC87CC(CCC7CNC6)Oc6cc(c3cc6O)CCC(OCO)CC2O)CC(O)C45)cc(OCO)c1O. The molecule has 7 heterocycles. The molecule has 6 aliphatic heterocycles. The van der Waals surface area contributed by atoms with Gasteiger partial charge in [-0.2, -0.15) is 0 Å². The number of aliphatic hydroxyl groups is 6. The maximum Gasteiger partial charge on any atom is 0.235 e. The first-order valence-electron chi connectivity index (χ1n) is 32.2. The molecule has 4 aliphatic carbocycles. The molecule has 18 unspecified atom stereocenters. The number of amides is 1. The van der Waals surface area contributed by atoms with Crippen LogP contribution in [0.3, 0.4) is 0 Å². The van der Waals surface area contributed by atoms with E-state index in [1.54, 1.807) is 18.2 Å². The molecule has 3 saturated carbocycles. The van der Waals surface area contributed by atoms with Gasteiger partial charge in [-0.05, 0) is 184 Å². The van der Waals surface area contributed by atoms with E-state index in [9.17, 15) is 45.6 Å². The molecule has 4 aromatic rings. The fraction of sp³-hybridized carbons (Fsp3) is 0.638. The highest BCUT2D eigenvalue weighted by Crippen LogP contribution is 2.69. The van der Waals surface area contributed by atoms with E-state index >= 15 is 0 Å². The van der Waals surface area contributed by atoms with Gasteiger partial charge in [0.05, 0.1) is 43.7 Å². The Morgan fingerprint density at radius 3 is 2.58 bits per heavy atom. The summed E-state index contributed by atoms with van der Waals surface area (Å²) in [6, 6.07) is 12.5. The first kappa shape index (κ1) is 63.3. The number of nitrogens with zero attached hydrogens (tertiary/aromatic N) is 1. The number of carbonyl (C=O) groups is 1. The van der Waals surface area contributed by atoms with Crippen molar-refractivity contribution in [3.63, 3.8) is 0 Å². The lowest BCUT2D eigenvalue weighted by Gasteiger charge is -2.65. The van der Waals surface area contributed by atoms with Crippen LogP contribution in [-0.2, 0) is 33.8 Å². The number of hydrogen-bond donors (Lipinski definition) is 10. The molecule has 88 heavy (non-hydrogen) atoms. The number of ether oxygens (including phenoxy) is 5. The van der Waals surface area contributed by atoms with Crippen molar-refractivity contribution >= 4 is 38.3 Å². The van der Waals surface area contributed by atoms with Crippen LogP contribution in [0.5, 0.6) is 28.7 Å². The van der Waals surface area contributed by atoms with Crippen molar-refractivity contribution in [2.75, 3.05) is 46.1 Å². The monoisotopic (exact) mass is 1250 g/mol. The van der Waals surface area contributed by atoms with Gasteiger partial charge in [-0.15, -0.1) is 5.92 Å². The van der Waals surface area contributed by atoms with E-state index in [4.69, 9.17) is 23.7 Å². The predicted octanol–water partition coefficient (Wildman–Crippen LogP) is 8.43. The number of fused-ring (bicyclic) bond motifs is 2. The first-order chi connectivity index (χ1) is 42.7. The number of nitrogens with one attached hydrogen (secondary N) is 2. The molecule has 1 amide bonds. The number of aromatic nitrogens is 1. The molecule has 2 spiro atoms. The van der Waals surface area contributed by atoms with Crippen molar-refractivity contribution in [2.45, 2.75) is 171 Å². The Morgan fingerprint density at radius 1 is 0.875 bits per heavy atom. The fourth-order valence-electron chi connectivity index (χ4n) is 17.5. The summed E-state index contributed by atoms with van der Waals surface area (Å²) in [4.78, 5) is 14.0. The minimum Gasteiger partial charge on any atom is -0.504 e. The van der Waals surface area contributed by atoms with Crippen molar-refractivity contribution in [3.05, 3.63) is 77.1 Å². The molecule has 4 fully saturated rings. The molecule has 476 valence electrons. The number of carbonyl (C=O) groups excluding carboxylic acids is 1. The fourth-order valence-corrected chi connectivity index (χ4v) is 20.4. The average molecular weight is 1250 g/mol. The second-order valence-electron chi connectivity index (χ2n) is 26.8. The molecule has 12 bridgehead atoms. The van der Waals surface area contributed by atoms with Crippen LogP contribution < -0.4 is 24.8 Å². The Morgan fingerprint density at radius 2 is 1.74 bits per heavy atom. The second-order valence-corrected chi connectivity index (χ2v) is 29.4. The van der Waals surface area contributed by atoms with E-state index < -0.39 is 61.2 Å². The number of hydrogen-bond acceptors (Lipinski definition) is 17. The maximum absolute atomic E-state index is 14.0. The third kappa shape index (κ3) is 12.9. The molecule has 18 atom stereocenters. The van der Waals surface area contributed by atoms with Gasteiger partial charge in [-0.3, -0.25) is 4.79 Å². The first-order valence-corrected chi connectivity index (χ1v) is 34.6. The Labute approximate surface area is 524 Å². The van der Waals surface area contributed by atoms with Gasteiger partial charge >= 0.3 is 0 Å². The number of benzene rings is 3. The Kier molecular flexibility index (Phi) is 19.8. The standard InChI is InChI=1S/C69H89N3O14S2/c1-40-11-16-54-44-18-20-68-31-48-15-13-46(68)33-70-32-41(17-19-69(54,68)30-40)6-3-9-50-65(59(78)25-44)55(71-67(50)81)10-5-21-83-37-72-34-45-7-4-8-49(53(45)35-72)57(76)29-64-51-28-58(77)61(86-48)26-43(51)12-14-47(84-38-73)27-56(75)52(60(79)36-87-88-64)22-42-23-62(82-2)66(80)63(24-42)85-39-74/h4,7-8,23-24,26,28,34-35,40-41,44,46-48,50,52,54-57,59-60,64-65,70,73-80H,5-6,10-16,18,20-22,25,27,29-33,36-39H2,1-2H3,(H,71,81). The van der Waals surface area contributed by atoms with Crippen LogP contribution in [0.1, 0.15) is 137 Å². The molecule has 19 heteroatoms. The van der Waals surface area contributed by atoms with Crippen LogP contribution >= 0.6 is 21.6 Å². The number of phenolic OH excluding ortho intramolecular Hbond substituents is 2. The average Bonchev–Trinajstić information content (AvgIpc) is 1.08. The lowest BCUT2D eigenvalue weighted by Crippen LogP contribution is -2.62. The molecule has 14 rings (SSSR count). The Balaban J connectivity index is 0.940. The van der Waals surface area contributed by atoms with Gasteiger partial charge in [-0.1, -0.05) is 70.9 Å². The maximum atomic E-state index is 14.0. The molecule has 0 radical (unpaired) electrons. The topological polar surface area (TPSA) is 254 Å². The number of rotatable bonds is 7. The second kappa shape index (κ2) is 27.5. The number of aromatic hydroxyl groups is 2. The molecular weight excluding hydrogens is 1160 g/mol. The smallest absolute Gasteiger partial charge is 0.235 e. The third-order valence-corrected chi connectivity index (χ3v) is 24.5.